The second-order valence-electron chi connectivity index (χ2n) is 8.01. The van der Waals surface area contributed by atoms with Crippen LogP contribution in [0.15, 0.2) is 34.9 Å². The van der Waals surface area contributed by atoms with Gasteiger partial charge in [-0.15, -0.1) is 0 Å². The lowest BCUT2D eigenvalue weighted by Gasteiger charge is -2.32. The van der Waals surface area contributed by atoms with Gasteiger partial charge < -0.3 is 19.1 Å². The third kappa shape index (κ3) is 4.76. The SMILES string of the molecule is CN(C)C(=O)N1CCC(c2nc([C@@H]3CN(Cc4ccccc4)CCO3)no2)CC1. The van der Waals surface area contributed by atoms with Crippen LogP contribution in [0.1, 0.15) is 42.1 Å². The molecule has 8 heteroatoms. The molecule has 2 fully saturated rings. The summed E-state index contributed by atoms with van der Waals surface area (Å²) in [5, 5.41) is 4.21. The molecule has 2 saturated heterocycles. The van der Waals surface area contributed by atoms with Gasteiger partial charge in [-0.25, -0.2) is 4.79 Å². The molecule has 8 nitrogen and oxygen atoms in total. The Morgan fingerprint density at radius 1 is 1.17 bits per heavy atom. The fraction of sp³-hybridized carbons (Fsp3) is 0.571. The number of benzene rings is 1. The minimum absolute atomic E-state index is 0.0591. The number of aromatic nitrogens is 2. The van der Waals surface area contributed by atoms with Gasteiger partial charge in [0.25, 0.3) is 0 Å². The van der Waals surface area contributed by atoms with Gasteiger partial charge in [0.05, 0.1) is 6.61 Å². The van der Waals surface area contributed by atoms with Gasteiger partial charge >= 0.3 is 6.03 Å². The minimum atomic E-state index is -0.166. The van der Waals surface area contributed by atoms with Crippen molar-refractivity contribution < 1.29 is 14.1 Å². The molecule has 0 radical (unpaired) electrons. The molecule has 3 heterocycles. The topological polar surface area (TPSA) is 74.9 Å². The van der Waals surface area contributed by atoms with Crippen LogP contribution in [0.3, 0.4) is 0 Å². The molecule has 0 N–H and O–H groups in total. The molecule has 1 aromatic carbocycles. The first-order valence-electron chi connectivity index (χ1n) is 10.3. The van der Waals surface area contributed by atoms with E-state index in [2.05, 4.69) is 39.3 Å². The van der Waals surface area contributed by atoms with E-state index in [4.69, 9.17) is 9.26 Å². The van der Waals surface area contributed by atoms with E-state index in [1.807, 2.05) is 11.0 Å². The van der Waals surface area contributed by atoms with Crippen molar-refractivity contribution in [1.29, 1.82) is 0 Å². The Balaban J connectivity index is 1.33. The van der Waals surface area contributed by atoms with Crippen molar-refractivity contribution in [2.45, 2.75) is 31.4 Å². The van der Waals surface area contributed by atoms with Crippen molar-refractivity contribution in [1.82, 2.24) is 24.8 Å². The van der Waals surface area contributed by atoms with Crippen LogP contribution in [0.4, 0.5) is 4.79 Å². The molecule has 2 aliphatic rings. The summed E-state index contributed by atoms with van der Waals surface area (Å²) in [5.74, 6) is 1.50. The van der Waals surface area contributed by atoms with Crippen molar-refractivity contribution in [3.63, 3.8) is 0 Å². The van der Waals surface area contributed by atoms with Gasteiger partial charge in [0, 0.05) is 52.7 Å². The van der Waals surface area contributed by atoms with Crippen LogP contribution in [-0.4, -0.2) is 77.8 Å². The number of likely N-dealkylation sites (tertiary alicyclic amines) is 1. The number of piperidine rings is 1. The van der Waals surface area contributed by atoms with E-state index < -0.39 is 0 Å². The maximum absolute atomic E-state index is 12.1. The van der Waals surface area contributed by atoms with Crippen LogP contribution in [0.5, 0.6) is 0 Å². The van der Waals surface area contributed by atoms with Crippen LogP contribution in [0.25, 0.3) is 0 Å². The number of urea groups is 1. The quantitative estimate of drug-likeness (QED) is 0.786. The fourth-order valence-electron chi connectivity index (χ4n) is 3.99. The first-order valence-corrected chi connectivity index (χ1v) is 10.3. The lowest BCUT2D eigenvalue weighted by Crippen LogP contribution is -2.43. The summed E-state index contributed by atoms with van der Waals surface area (Å²) in [6.45, 7) is 4.63. The molecule has 2 amide bonds. The molecule has 0 saturated carbocycles. The van der Waals surface area contributed by atoms with Crippen LogP contribution in [-0.2, 0) is 11.3 Å². The van der Waals surface area contributed by atoms with Gasteiger partial charge in [-0.3, -0.25) is 4.90 Å². The van der Waals surface area contributed by atoms with Crippen LogP contribution in [0, 0.1) is 0 Å². The monoisotopic (exact) mass is 399 g/mol. The number of amides is 2. The molecule has 0 spiro atoms. The Morgan fingerprint density at radius 2 is 1.93 bits per heavy atom. The molecule has 29 heavy (non-hydrogen) atoms. The largest absolute Gasteiger partial charge is 0.367 e. The normalized spacial score (nSPS) is 21.3. The van der Waals surface area contributed by atoms with Crippen LogP contribution in [0.2, 0.25) is 0 Å². The van der Waals surface area contributed by atoms with Crippen molar-refractivity contribution >= 4 is 6.03 Å². The van der Waals surface area contributed by atoms with E-state index in [9.17, 15) is 4.79 Å². The second kappa shape index (κ2) is 8.92. The fourth-order valence-corrected chi connectivity index (χ4v) is 3.99. The van der Waals surface area contributed by atoms with E-state index in [0.29, 0.717) is 31.4 Å². The lowest BCUT2D eigenvalue weighted by atomic mass is 9.97. The molecule has 4 rings (SSSR count). The Kier molecular flexibility index (Phi) is 6.10. The lowest BCUT2D eigenvalue weighted by molar-refractivity contribution is -0.0380. The maximum atomic E-state index is 12.1. The van der Waals surface area contributed by atoms with Crippen molar-refractivity contribution in [3.05, 3.63) is 47.6 Å². The molecule has 1 atom stereocenters. The Morgan fingerprint density at radius 3 is 2.66 bits per heavy atom. The number of carbonyl (C=O) groups excluding carboxylic acids is 1. The third-order valence-corrected chi connectivity index (χ3v) is 5.64. The van der Waals surface area contributed by atoms with Crippen molar-refractivity contribution in [2.75, 3.05) is 46.9 Å². The molecule has 0 bridgehead atoms. The van der Waals surface area contributed by atoms with Gasteiger partial charge in [-0.1, -0.05) is 35.5 Å². The first kappa shape index (κ1) is 19.8. The van der Waals surface area contributed by atoms with Crippen LogP contribution >= 0.6 is 0 Å². The average molecular weight is 399 g/mol. The highest BCUT2D eigenvalue weighted by atomic mass is 16.5. The van der Waals surface area contributed by atoms with Crippen LogP contribution < -0.4 is 0 Å². The number of hydrogen-bond donors (Lipinski definition) is 0. The van der Waals surface area contributed by atoms with Gasteiger partial charge in [0.1, 0.15) is 6.10 Å². The summed E-state index contributed by atoms with van der Waals surface area (Å²) >= 11 is 0. The average Bonchev–Trinajstić information content (AvgIpc) is 3.24. The first-order chi connectivity index (χ1) is 14.1. The number of morpholine rings is 1. The number of carbonyl (C=O) groups is 1. The maximum Gasteiger partial charge on any atom is 0.319 e. The number of nitrogens with zero attached hydrogens (tertiary/aromatic N) is 5. The second-order valence-corrected chi connectivity index (χ2v) is 8.01. The van der Waals surface area contributed by atoms with E-state index in [1.165, 1.54) is 5.56 Å². The predicted octanol–water partition coefficient (Wildman–Crippen LogP) is 2.50. The van der Waals surface area contributed by atoms with Crippen molar-refractivity contribution in [2.24, 2.45) is 0 Å². The molecular formula is C21H29N5O3. The Bertz CT molecular complexity index is 802. The summed E-state index contributed by atoms with van der Waals surface area (Å²) in [4.78, 5) is 22.6. The molecular weight excluding hydrogens is 370 g/mol. The van der Waals surface area contributed by atoms with E-state index in [1.54, 1.807) is 19.0 Å². The van der Waals surface area contributed by atoms with E-state index in [-0.39, 0.29) is 18.1 Å². The molecule has 2 aliphatic heterocycles. The Hall–Kier alpha value is -2.45. The van der Waals surface area contributed by atoms with E-state index in [0.717, 1.165) is 32.5 Å². The zero-order chi connectivity index (χ0) is 20.2. The highest BCUT2D eigenvalue weighted by molar-refractivity contribution is 5.73. The molecule has 156 valence electrons. The van der Waals surface area contributed by atoms with Gasteiger partial charge in [-0.2, -0.15) is 4.98 Å². The number of rotatable bonds is 4. The molecule has 0 unspecified atom stereocenters. The smallest absolute Gasteiger partial charge is 0.319 e. The summed E-state index contributed by atoms with van der Waals surface area (Å²) < 4.78 is 11.5. The highest BCUT2D eigenvalue weighted by Crippen LogP contribution is 2.29. The molecule has 2 aromatic rings. The Labute approximate surface area is 171 Å². The molecule has 0 aliphatic carbocycles. The predicted molar refractivity (Wildman–Crippen MR) is 107 cm³/mol. The molecule has 1 aromatic heterocycles. The highest BCUT2D eigenvalue weighted by Gasteiger charge is 2.31. The summed E-state index contributed by atoms with van der Waals surface area (Å²) in [6, 6.07) is 10.5. The third-order valence-electron chi connectivity index (χ3n) is 5.64. The zero-order valence-corrected chi connectivity index (χ0v) is 17.2. The van der Waals surface area contributed by atoms with Gasteiger partial charge in [0.2, 0.25) is 11.7 Å². The summed E-state index contributed by atoms with van der Waals surface area (Å²) in [5.41, 5.74) is 1.29. The zero-order valence-electron chi connectivity index (χ0n) is 17.2. The van der Waals surface area contributed by atoms with E-state index >= 15 is 0 Å². The van der Waals surface area contributed by atoms with Gasteiger partial charge in [-0.05, 0) is 18.4 Å². The van der Waals surface area contributed by atoms with Crippen molar-refractivity contribution in [3.8, 4) is 0 Å². The summed E-state index contributed by atoms with van der Waals surface area (Å²) in [7, 11) is 3.56. The van der Waals surface area contributed by atoms with Gasteiger partial charge in [0.15, 0.2) is 0 Å². The number of hydrogen-bond acceptors (Lipinski definition) is 6. The summed E-state index contributed by atoms with van der Waals surface area (Å²) in [6.07, 6.45) is 1.51. The number of ether oxygens (including phenoxy) is 1. The minimum Gasteiger partial charge on any atom is -0.367 e. The standard InChI is InChI=1S/C21H29N5O3/c1-24(2)21(27)26-10-8-17(9-11-26)20-22-19(23-29-20)18-15-25(12-13-28-18)14-16-6-4-3-5-7-16/h3-7,17-18H,8-15H2,1-2H3/t18-/m0/s1.